The largest absolute Gasteiger partial charge is 0.478 e. The first-order chi connectivity index (χ1) is 6.09. The summed E-state index contributed by atoms with van der Waals surface area (Å²) in [6, 6.07) is 0. The fourth-order valence-electron chi connectivity index (χ4n) is 0.627. The number of carboxylic acid groups (broad SMARTS) is 1. The Morgan fingerprint density at radius 2 is 2.38 bits per heavy atom. The smallest absolute Gasteiger partial charge is 0.328 e. The molecule has 0 saturated carbocycles. The van der Waals surface area contributed by atoms with Crippen molar-refractivity contribution >= 4 is 12.0 Å². The molecule has 1 atom stereocenters. The van der Waals surface area contributed by atoms with Crippen LogP contribution in [-0.2, 0) is 4.79 Å². The predicted molar refractivity (Wildman–Crippen MR) is 41.6 cm³/mol. The Morgan fingerprint density at radius 3 is 2.85 bits per heavy atom. The summed E-state index contributed by atoms with van der Waals surface area (Å²) >= 11 is 0. The molecular weight excluding hydrogens is 176 g/mol. The first-order valence-corrected chi connectivity index (χ1v) is 3.52. The van der Waals surface area contributed by atoms with Crippen molar-refractivity contribution in [3.8, 4) is 0 Å². The molecule has 13 heavy (non-hydrogen) atoms. The van der Waals surface area contributed by atoms with E-state index < -0.39 is 12.1 Å². The minimum atomic E-state index is -1.10. The zero-order valence-corrected chi connectivity index (χ0v) is 6.84. The van der Waals surface area contributed by atoms with Gasteiger partial charge < -0.3 is 14.7 Å². The molecule has 6 heteroatoms. The molecule has 0 saturated heterocycles. The van der Waals surface area contributed by atoms with Gasteiger partial charge in [-0.2, -0.15) is 4.98 Å². The molecule has 2 N–H and O–H groups in total. The van der Waals surface area contributed by atoms with Gasteiger partial charge in [-0.05, 0) is 6.92 Å². The Morgan fingerprint density at radius 1 is 1.69 bits per heavy atom. The average molecular weight is 184 g/mol. The number of aliphatic carboxylic acids is 1. The van der Waals surface area contributed by atoms with Crippen LogP contribution in [0.25, 0.3) is 6.08 Å². The third-order valence-electron chi connectivity index (χ3n) is 1.20. The highest BCUT2D eigenvalue weighted by Crippen LogP contribution is 2.07. The third-order valence-corrected chi connectivity index (χ3v) is 1.20. The summed E-state index contributed by atoms with van der Waals surface area (Å²) in [6.45, 7) is 1.48. The van der Waals surface area contributed by atoms with E-state index in [0.717, 1.165) is 12.2 Å². The lowest BCUT2D eigenvalue weighted by atomic mass is 10.4. The van der Waals surface area contributed by atoms with E-state index in [1.165, 1.54) is 6.92 Å². The van der Waals surface area contributed by atoms with E-state index in [0.29, 0.717) is 0 Å². The monoisotopic (exact) mass is 184 g/mol. The van der Waals surface area contributed by atoms with Crippen molar-refractivity contribution in [2.24, 2.45) is 0 Å². The topological polar surface area (TPSA) is 96.5 Å². The highest BCUT2D eigenvalue weighted by Gasteiger charge is 2.08. The Bertz CT molecular complexity index is 329. The summed E-state index contributed by atoms with van der Waals surface area (Å²) in [6.07, 6.45) is 1.20. The number of hydrogen-bond acceptors (Lipinski definition) is 5. The van der Waals surface area contributed by atoms with E-state index in [1.807, 2.05) is 0 Å². The lowest BCUT2D eigenvalue weighted by Crippen LogP contribution is -1.93. The van der Waals surface area contributed by atoms with Gasteiger partial charge in [0.15, 0.2) is 5.82 Å². The number of aliphatic hydroxyl groups is 1. The molecule has 0 fully saturated rings. The minimum absolute atomic E-state index is 0.0540. The van der Waals surface area contributed by atoms with Crippen molar-refractivity contribution < 1.29 is 19.5 Å². The predicted octanol–water partition coefficient (Wildman–Crippen LogP) is 0.221. The number of aromatic nitrogens is 2. The van der Waals surface area contributed by atoms with Gasteiger partial charge in [-0.15, -0.1) is 0 Å². The fraction of sp³-hybridized carbons (Fsp3) is 0.286. The summed E-state index contributed by atoms with van der Waals surface area (Å²) < 4.78 is 4.61. The lowest BCUT2D eigenvalue weighted by molar-refractivity contribution is -0.131. The second-order valence-electron chi connectivity index (χ2n) is 2.34. The molecule has 1 aromatic heterocycles. The van der Waals surface area contributed by atoms with Crippen molar-refractivity contribution in [1.29, 1.82) is 0 Å². The van der Waals surface area contributed by atoms with Gasteiger partial charge in [-0.3, -0.25) is 0 Å². The standard InChI is InChI=1S/C7H8N2O4/c1-4(10)7-8-5(13-9-7)2-3-6(11)12/h2-4,10H,1H3,(H,11,12)/b3-2+. The number of rotatable bonds is 3. The maximum atomic E-state index is 10.1. The molecule has 0 amide bonds. The highest BCUT2D eigenvalue weighted by molar-refractivity contribution is 5.84. The first-order valence-electron chi connectivity index (χ1n) is 3.52. The Hall–Kier alpha value is -1.69. The number of hydrogen-bond donors (Lipinski definition) is 2. The van der Waals surface area contributed by atoms with Crippen molar-refractivity contribution in [2.75, 3.05) is 0 Å². The summed E-state index contributed by atoms with van der Waals surface area (Å²) in [5, 5.41) is 20.7. The molecule has 0 aliphatic carbocycles. The normalized spacial score (nSPS) is 13.4. The van der Waals surface area contributed by atoms with Gasteiger partial charge in [0.05, 0.1) is 0 Å². The third kappa shape index (κ3) is 2.68. The lowest BCUT2D eigenvalue weighted by Gasteiger charge is -1.90. The van der Waals surface area contributed by atoms with Crippen molar-refractivity contribution in [1.82, 2.24) is 10.1 Å². The van der Waals surface area contributed by atoms with E-state index in [4.69, 9.17) is 10.2 Å². The highest BCUT2D eigenvalue weighted by atomic mass is 16.5. The quantitative estimate of drug-likeness (QED) is 0.652. The number of aliphatic hydroxyl groups excluding tert-OH is 1. The number of nitrogens with zero attached hydrogens (tertiary/aromatic N) is 2. The molecule has 1 heterocycles. The Kier molecular flexibility index (Phi) is 2.76. The SMILES string of the molecule is CC(O)c1noc(/C=C/C(=O)O)n1. The molecule has 1 unspecified atom stereocenters. The molecule has 0 aliphatic heterocycles. The van der Waals surface area contributed by atoms with Gasteiger partial charge in [0.2, 0.25) is 0 Å². The van der Waals surface area contributed by atoms with E-state index in [-0.39, 0.29) is 11.7 Å². The Balaban J connectivity index is 2.75. The van der Waals surface area contributed by atoms with Crippen LogP contribution in [0.15, 0.2) is 10.6 Å². The van der Waals surface area contributed by atoms with Crippen LogP contribution in [0.2, 0.25) is 0 Å². The van der Waals surface area contributed by atoms with E-state index in [9.17, 15) is 4.79 Å². The number of carboxylic acids is 1. The first kappa shape index (κ1) is 9.40. The van der Waals surface area contributed by atoms with Crippen LogP contribution in [0.1, 0.15) is 24.7 Å². The van der Waals surface area contributed by atoms with Crippen molar-refractivity contribution in [3.63, 3.8) is 0 Å². The van der Waals surface area contributed by atoms with Crippen LogP contribution in [0.3, 0.4) is 0 Å². The van der Waals surface area contributed by atoms with Crippen LogP contribution in [0, 0.1) is 0 Å². The van der Waals surface area contributed by atoms with Crippen LogP contribution in [0.4, 0.5) is 0 Å². The van der Waals surface area contributed by atoms with E-state index in [2.05, 4.69) is 14.7 Å². The Labute approximate surface area is 73.5 Å². The molecule has 6 nitrogen and oxygen atoms in total. The maximum Gasteiger partial charge on any atom is 0.328 e. The molecule has 0 radical (unpaired) electrons. The van der Waals surface area contributed by atoms with Gasteiger partial charge in [-0.1, -0.05) is 5.16 Å². The average Bonchev–Trinajstić information content (AvgIpc) is 2.48. The molecule has 1 rings (SSSR count). The van der Waals surface area contributed by atoms with E-state index >= 15 is 0 Å². The van der Waals surface area contributed by atoms with Gasteiger partial charge in [0.1, 0.15) is 6.10 Å². The summed E-state index contributed by atoms with van der Waals surface area (Å²) in [5.41, 5.74) is 0. The molecule has 0 bridgehead atoms. The minimum Gasteiger partial charge on any atom is -0.478 e. The summed E-state index contributed by atoms with van der Waals surface area (Å²) in [4.78, 5) is 13.8. The number of carbonyl (C=O) groups is 1. The molecule has 0 spiro atoms. The fourth-order valence-corrected chi connectivity index (χ4v) is 0.627. The zero-order chi connectivity index (χ0) is 9.84. The van der Waals surface area contributed by atoms with Gasteiger partial charge in [0.25, 0.3) is 5.89 Å². The summed E-state index contributed by atoms with van der Waals surface area (Å²) in [5.74, 6) is -0.917. The molecule has 1 aromatic rings. The maximum absolute atomic E-state index is 10.1. The van der Waals surface area contributed by atoms with Crippen molar-refractivity contribution in [2.45, 2.75) is 13.0 Å². The van der Waals surface area contributed by atoms with Crippen molar-refractivity contribution in [3.05, 3.63) is 17.8 Å². The molecule has 70 valence electrons. The van der Waals surface area contributed by atoms with E-state index in [1.54, 1.807) is 0 Å². The van der Waals surface area contributed by atoms with Gasteiger partial charge in [-0.25, -0.2) is 4.79 Å². The molecule has 0 aromatic carbocycles. The second kappa shape index (κ2) is 3.81. The van der Waals surface area contributed by atoms with Crippen LogP contribution >= 0.6 is 0 Å². The summed E-state index contributed by atoms with van der Waals surface area (Å²) in [7, 11) is 0. The van der Waals surface area contributed by atoms with Crippen LogP contribution in [0.5, 0.6) is 0 Å². The van der Waals surface area contributed by atoms with Gasteiger partial charge >= 0.3 is 5.97 Å². The van der Waals surface area contributed by atoms with Gasteiger partial charge in [0, 0.05) is 12.2 Å². The molecular formula is C7H8N2O4. The zero-order valence-electron chi connectivity index (χ0n) is 6.84. The van der Waals surface area contributed by atoms with Crippen LogP contribution < -0.4 is 0 Å². The second-order valence-corrected chi connectivity index (χ2v) is 2.34. The van der Waals surface area contributed by atoms with Crippen LogP contribution in [-0.4, -0.2) is 26.3 Å². The molecule has 0 aliphatic rings.